The summed E-state index contributed by atoms with van der Waals surface area (Å²) in [6.45, 7) is 3.13. The van der Waals surface area contributed by atoms with E-state index in [0.717, 1.165) is 13.0 Å². The Labute approximate surface area is 101 Å². The molecule has 1 aromatic rings. The number of anilines is 2. The molecule has 0 aromatic carbocycles. The zero-order valence-electron chi connectivity index (χ0n) is 10.5. The highest BCUT2D eigenvalue weighted by Crippen LogP contribution is 2.12. The fourth-order valence-electron chi connectivity index (χ4n) is 1.43. The number of aromatic nitrogens is 2. The summed E-state index contributed by atoms with van der Waals surface area (Å²) in [6, 6.07) is 0. The van der Waals surface area contributed by atoms with E-state index < -0.39 is 0 Å². The molecule has 0 radical (unpaired) electrons. The van der Waals surface area contributed by atoms with Gasteiger partial charge in [0.25, 0.3) is 0 Å². The van der Waals surface area contributed by atoms with E-state index in [2.05, 4.69) is 27.5 Å². The summed E-state index contributed by atoms with van der Waals surface area (Å²) in [5, 5.41) is 5.54. The molecule has 0 spiro atoms. The van der Waals surface area contributed by atoms with Crippen molar-refractivity contribution in [3.63, 3.8) is 0 Å². The molecule has 0 fully saturated rings. The van der Waals surface area contributed by atoms with Crippen LogP contribution in [0.15, 0.2) is 12.4 Å². The summed E-state index contributed by atoms with van der Waals surface area (Å²) in [5.74, 6) is 1.37. The number of likely N-dealkylation sites (N-methyl/N-ethyl adjacent to an activating group) is 1. The Morgan fingerprint density at radius 1 is 1.41 bits per heavy atom. The van der Waals surface area contributed by atoms with E-state index in [1.54, 1.807) is 26.5 Å². The quantitative estimate of drug-likeness (QED) is 0.753. The molecule has 1 amide bonds. The molecule has 0 aliphatic rings. The van der Waals surface area contributed by atoms with Crippen LogP contribution in [0.2, 0.25) is 0 Å². The van der Waals surface area contributed by atoms with Crippen LogP contribution in [-0.2, 0) is 4.79 Å². The van der Waals surface area contributed by atoms with Crippen molar-refractivity contribution in [1.29, 1.82) is 0 Å². The Balaban J connectivity index is 2.84. The Hall–Kier alpha value is -1.85. The van der Waals surface area contributed by atoms with Crippen molar-refractivity contribution in [1.82, 2.24) is 15.3 Å². The Morgan fingerprint density at radius 2 is 2.18 bits per heavy atom. The average Bonchev–Trinajstić information content (AvgIpc) is 2.38. The summed E-state index contributed by atoms with van der Waals surface area (Å²) in [5.41, 5.74) is 0. The average molecular weight is 237 g/mol. The lowest BCUT2D eigenvalue weighted by Crippen LogP contribution is -2.36. The van der Waals surface area contributed by atoms with Gasteiger partial charge in [-0.05, 0) is 6.42 Å². The number of carbonyl (C=O) groups is 1. The summed E-state index contributed by atoms with van der Waals surface area (Å²) < 4.78 is 0. The van der Waals surface area contributed by atoms with Crippen LogP contribution in [0.25, 0.3) is 0 Å². The van der Waals surface area contributed by atoms with Crippen LogP contribution in [0, 0.1) is 0 Å². The number of rotatable bonds is 6. The molecule has 6 heteroatoms. The third-order valence-electron chi connectivity index (χ3n) is 2.31. The lowest BCUT2D eigenvalue weighted by atomic mass is 10.4. The molecular weight excluding hydrogens is 218 g/mol. The van der Waals surface area contributed by atoms with Crippen molar-refractivity contribution in [2.75, 3.05) is 37.4 Å². The van der Waals surface area contributed by atoms with Gasteiger partial charge in [-0.25, -0.2) is 4.98 Å². The van der Waals surface area contributed by atoms with Gasteiger partial charge in [0.15, 0.2) is 0 Å². The van der Waals surface area contributed by atoms with Crippen LogP contribution in [0.5, 0.6) is 0 Å². The van der Waals surface area contributed by atoms with Gasteiger partial charge in [-0.15, -0.1) is 0 Å². The molecule has 17 heavy (non-hydrogen) atoms. The SMILES string of the molecule is CCCN(CC(=O)NC)c1cncc(NC)n1. The Morgan fingerprint density at radius 3 is 2.76 bits per heavy atom. The fraction of sp³-hybridized carbons (Fsp3) is 0.545. The molecule has 1 heterocycles. The second kappa shape index (κ2) is 6.67. The number of hydrogen-bond acceptors (Lipinski definition) is 5. The standard InChI is InChI=1S/C11H19N5O/c1-4-5-16(8-11(17)13-3)10-7-14-6-9(12-2)15-10/h6-7H,4-5,8H2,1-3H3,(H,12,15)(H,13,17). The zero-order chi connectivity index (χ0) is 12.7. The van der Waals surface area contributed by atoms with Gasteiger partial charge in [0.1, 0.15) is 11.6 Å². The first-order chi connectivity index (χ1) is 8.21. The molecule has 2 N–H and O–H groups in total. The van der Waals surface area contributed by atoms with Crippen molar-refractivity contribution < 1.29 is 4.79 Å². The molecule has 0 unspecified atom stereocenters. The van der Waals surface area contributed by atoms with Crippen LogP contribution in [0.1, 0.15) is 13.3 Å². The maximum Gasteiger partial charge on any atom is 0.239 e. The van der Waals surface area contributed by atoms with E-state index in [0.29, 0.717) is 18.2 Å². The van der Waals surface area contributed by atoms with Gasteiger partial charge in [0.2, 0.25) is 5.91 Å². The van der Waals surface area contributed by atoms with Gasteiger partial charge in [-0.3, -0.25) is 9.78 Å². The molecule has 0 saturated heterocycles. The summed E-state index contributed by atoms with van der Waals surface area (Å²) in [7, 11) is 3.42. The lowest BCUT2D eigenvalue weighted by molar-refractivity contribution is -0.119. The number of amides is 1. The number of nitrogens with one attached hydrogen (secondary N) is 2. The van der Waals surface area contributed by atoms with Crippen molar-refractivity contribution in [3.05, 3.63) is 12.4 Å². The second-order valence-corrected chi connectivity index (χ2v) is 3.61. The summed E-state index contributed by atoms with van der Waals surface area (Å²) in [4.78, 5) is 21.8. The first-order valence-electron chi connectivity index (χ1n) is 5.66. The molecule has 0 saturated carbocycles. The van der Waals surface area contributed by atoms with Crippen LogP contribution >= 0.6 is 0 Å². The van der Waals surface area contributed by atoms with Gasteiger partial charge in [-0.1, -0.05) is 6.92 Å². The van der Waals surface area contributed by atoms with E-state index in [9.17, 15) is 4.79 Å². The maximum absolute atomic E-state index is 11.4. The molecule has 0 aliphatic heterocycles. The Bertz CT molecular complexity index is 369. The topological polar surface area (TPSA) is 70.2 Å². The molecule has 0 bridgehead atoms. The van der Waals surface area contributed by atoms with E-state index in [1.165, 1.54) is 0 Å². The monoisotopic (exact) mass is 237 g/mol. The normalized spacial score (nSPS) is 9.82. The number of hydrogen-bond donors (Lipinski definition) is 2. The van der Waals surface area contributed by atoms with E-state index >= 15 is 0 Å². The van der Waals surface area contributed by atoms with Crippen molar-refractivity contribution in [3.8, 4) is 0 Å². The van der Waals surface area contributed by atoms with E-state index in [4.69, 9.17) is 0 Å². The van der Waals surface area contributed by atoms with Crippen LogP contribution < -0.4 is 15.5 Å². The smallest absolute Gasteiger partial charge is 0.239 e. The minimum atomic E-state index is -0.0323. The predicted molar refractivity (Wildman–Crippen MR) is 68.1 cm³/mol. The third-order valence-corrected chi connectivity index (χ3v) is 2.31. The molecular formula is C11H19N5O. The van der Waals surface area contributed by atoms with Gasteiger partial charge < -0.3 is 15.5 Å². The van der Waals surface area contributed by atoms with Crippen molar-refractivity contribution >= 4 is 17.5 Å². The maximum atomic E-state index is 11.4. The van der Waals surface area contributed by atoms with E-state index in [1.807, 2.05) is 4.90 Å². The summed E-state index contributed by atoms with van der Waals surface area (Å²) >= 11 is 0. The number of carbonyl (C=O) groups excluding carboxylic acids is 1. The molecule has 94 valence electrons. The molecule has 1 aromatic heterocycles. The van der Waals surface area contributed by atoms with Gasteiger partial charge in [0.05, 0.1) is 18.9 Å². The predicted octanol–water partition coefficient (Wildman–Crippen LogP) is 0.481. The minimum Gasteiger partial charge on any atom is -0.372 e. The molecule has 0 aliphatic carbocycles. The third kappa shape index (κ3) is 3.90. The molecule has 6 nitrogen and oxygen atoms in total. The lowest BCUT2D eigenvalue weighted by Gasteiger charge is -2.22. The molecule has 1 rings (SSSR count). The van der Waals surface area contributed by atoms with Crippen LogP contribution in [0.4, 0.5) is 11.6 Å². The van der Waals surface area contributed by atoms with Crippen molar-refractivity contribution in [2.24, 2.45) is 0 Å². The van der Waals surface area contributed by atoms with Gasteiger partial charge in [0, 0.05) is 20.6 Å². The highest BCUT2D eigenvalue weighted by molar-refractivity contribution is 5.80. The van der Waals surface area contributed by atoms with Gasteiger partial charge >= 0.3 is 0 Å². The largest absolute Gasteiger partial charge is 0.372 e. The van der Waals surface area contributed by atoms with Crippen LogP contribution in [0.3, 0.4) is 0 Å². The first kappa shape index (κ1) is 13.2. The Kier molecular flexibility index (Phi) is 5.19. The van der Waals surface area contributed by atoms with E-state index in [-0.39, 0.29) is 5.91 Å². The fourth-order valence-corrected chi connectivity index (χ4v) is 1.43. The molecule has 0 atom stereocenters. The minimum absolute atomic E-state index is 0.0323. The second-order valence-electron chi connectivity index (χ2n) is 3.61. The first-order valence-corrected chi connectivity index (χ1v) is 5.66. The zero-order valence-corrected chi connectivity index (χ0v) is 10.5. The highest BCUT2D eigenvalue weighted by Gasteiger charge is 2.11. The van der Waals surface area contributed by atoms with Gasteiger partial charge in [-0.2, -0.15) is 0 Å². The highest BCUT2D eigenvalue weighted by atomic mass is 16.1. The van der Waals surface area contributed by atoms with Crippen LogP contribution in [-0.4, -0.2) is 43.1 Å². The summed E-state index contributed by atoms with van der Waals surface area (Å²) in [6.07, 6.45) is 4.26. The van der Waals surface area contributed by atoms with Crippen molar-refractivity contribution in [2.45, 2.75) is 13.3 Å². The number of nitrogens with zero attached hydrogens (tertiary/aromatic N) is 3.